The van der Waals surface area contributed by atoms with Gasteiger partial charge in [0.25, 0.3) is 0 Å². The minimum atomic E-state index is -0.936. The molecule has 51 heavy (non-hydrogen) atoms. The van der Waals surface area contributed by atoms with Crippen LogP contribution in [0.4, 0.5) is 0 Å². The van der Waals surface area contributed by atoms with Gasteiger partial charge in [0.15, 0.2) is 0 Å². The van der Waals surface area contributed by atoms with Crippen LogP contribution in [0.3, 0.4) is 0 Å². The number of methoxy groups -OCH3 is 1. The number of epoxide rings is 1. The Hall–Kier alpha value is -4.86. The third-order valence-corrected chi connectivity index (χ3v) is 9.65. The molecule has 2 saturated heterocycles. The summed E-state index contributed by atoms with van der Waals surface area (Å²) in [7, 11) is 2.98. The summed E-state index contributed by atoms with van der Waals surface area (Å²) in [6.07, 6.45) is 3.05. The molecule has 0 aliphatic carbocycles. The smallest absolute Gasteiger partial charge is 0.328 e. The Labute approximate surface area is 296 Å². The number of rotatable bonds is 6. The van der Waals surface area contributed by atoms with Gasteiger partial charge in [0.2, 0.25) is 17.7 Å². The van der Waals surface area contributed by atoms with Crippen LogP contribution in [0, 0.1) is 0 Å². The molecular formula is C36H46N8O7. The number of hydrogen-bond acceptors (Lipinski definition) is 11. The fourth-order valence-corrected chi connectivity index (χ4v) is 6.63. The van der Waals surface area contributed by atoms with Gasteiger partial charge in [-0.2, -0.15) is 0 Å². The SMILES string of the molecule is CNC(C)C(=O)NC1Cc2cn(nn2)CCOc2ccc(cc2)CC(C(=O)OC)NC(=O)C(Cc2ccccc2)NC2OC2C2CCCN2C1=O. The molecular weight excluding hydrogens is 656 g/mol. The lowest BCUT2D eigenvalue weighted by Gasteiger charge is -2.29. The Balaban J connectivity index is 1.28. The number of carbonyl (C=O) groups excluding carboxylic acids is 4. The van der Waals surface area contributed by atoms with Crippen molar-refractivity contribution >= 4 is 23.7 Å². The summed E-state index contributed by atoms with van der Waals surface area (Å²) in [5.74, 6) is -0.865. The summed E-state index contributed by atoms with van der Waals surface area (Å²) in [5.41, 5.74) is 2.29. The molecule has 7 rings (SSSR count). The predicted octanol–water partition coefficient (Wildman–Crippen LogP) is 0.123. The summed E-state index contributed by atoms with van der Waals surface area (Å²) in [5, 5.41) is 20.6. The molecule has 4 bridgehead atoms. The zero-order valence-electron chi connectivity index (χ0n) is 29.1. The Morgan fingerprint density at radius 1 is 1.08 bits per heavy atom. The van der Waals surface area contributed by atoms with Crippen molar-refractivity contribution in [2.45, 2.75) is 88.1 Å². The highest BCUT2D eigenvalue weighted by atomic mass is 16.6. The van der Waals surface area contributed by atoms with Crippen molar-refractivity contribution in [1.82, 2.24) is 41.2 Å². The van der Waals surface area contributed by atoms with Crippen LogP contribution in [0.25, 0.3) is 0 Å². The van der Waals surface area contributed by atoms with Gasteiger partial charge < -0.3 is 35.1 Å². The van der Waals surface area contributed by atoms with Gasteiger partial charge in [-0.25, -0.2) is 9.48 Å². The normalized spacial score (nSPS) is 26.2. The van der Waals surface area contributed by atoms with Crippen molar-refractivity contribution in [3.63, 3.8) is 0 Å². The summed E-state index contributed by atoms with van der Waals surface area (Å²) in [4.78, 5) is 55.8. The van der Waals surface area contributed by atoms with E-state index >= 15 is 0 Å². The number of esters is 1. The van der Waals surface area contributed by atoms with E-state index < -0.39 is 36.4 Å². The molecule has 15 nitrogen and oxygen atoms in total. The highest BCUT2D eigenvalue weighted by molar-refractivity contribution is 5.90. The molecule has 0 saturated carbocycles. The molecule has 7 unspecified atom stereocenters. The number of aromatic nitrogens is 3. The Kier molecular flexibility index (Phi) is 11.6. The van der Waals surface area contributed by atoms with E-state index in [0.29, 0.717) is 44.0 Å². The maximum absolute atomic E-state index is 14.2. The number of nitrogens with one attached hydrogen (secondary N) is 4. The van der Waals surface area contributed by atoms with E-state index in [4.69, 9.17) is 14.2 Å². The fraction of sp³-hybridized carbons (Fsp3) is 0.500. The Morgan fingerprint density at radius 3 is 2.61 bits per heavy atom. The molecule has 272 valence electrons. The second-order valence-corrected chi connectivity index (χ2v) is 13.2. The predicted molar refractivity (Wildman–Crippen MR) is 184 cm³/mol. The van der Waals surface area contributed by atoms with Crippen LogP contribution in [-0.4, -0.2) is 113 Å². The molecule has 4 aliphatic rings. The molecule has 7 atom stereocenters. The number of hydrogen-bond donors (Lipinski definition) is 4. The lowest BCUT2D eigenvalue weighted by molar-refractivity contribution is -0.145. The van der Waals surface area contributed by atoms with Crippen molar-refractivity contribution in [2.24, 2.45) is 0 Å². The van der Waals surface area contributed by atoms with Crippen molar-refractivity contribution in [2.75, 3.05) is 27.3 Å². The van der Waals surface area contributed by atoms with Crippen molar-refractivity contribution in [3.05, 3.63) is 77.6 Å². The average molecular weight is 703 g/mol. The maximum atomic E-state index is 14.2. The molecule has 0 spiro atoms. The number of ether oxygens (including phenoxy) is 3. The summed E-state index contributed by atoms with van der Waals surface area (Å²) >= 11 is 0. The molecule has 1 aromatic heterocycles. The van der Waals surface area contributed by atoms with Crippen molar-refractivity contribution < 1.29 is 33.4 Å². The van der Waals surface area contributed by atoms with E-state index in [-0.39, 0.29) is 42.7 Å². The highest BCUT2D eigenvalue weighted by Crippen LogP contribution is 2.34. The minimum Gasteiger partial charge on any atom is -0.492 e. The molecule has 5 heterocycles. The molecule has 0 radical (unpaired) electrons. The topological polar surface area (TPSA) is 181 Å². The number of nitrogens with zero attached hydrogens (tertiary/aromatic N) is 4. The third-order valence-electron chi connectivity index (χ3n) is 9.65. The van der Waals surface area contributed by atoms with Gasteiger partial charge in [0.1, 0.15) is 36.8 Å². The van der Waals surface area contributed by atoms with Crippen LogP contribution in [0.2, 0.25) is 0 Å². The van der Waals surface area contributed by atoms with Gasteiger partial charge in [0.05, 0.1) is 37.5 Å². The lowest BCUT2D eigenvalue weighted by Crippen LogP contribution is -2.55. The van der Waals surface area contributed by atoms with E-state index in [0.717, 1.165) is 17.5 Å². The van der Waals surface area contributed by atoms with Gasteiger partial charge in [-0.3, -0.25) is 19.7 Å². The zero-order valence-corrected chi connectivity index (χ0v) is 29.1. The number of benzene rings is 2. The summed E-state index contributed by atoms with van der Waals surface area (Å²) < 4.78 is 18.8. The third kappa shape index (κ3) is 9.09. The van der Waals surface area contributed by atoms with Crippen molar-refractivity contribution in [3.8, 4) is 5.75 Å². The molecule has 2 fully saturated rings. The number of amides is 3. The van der Waals surface area contributed by atoms with Gasteiger partial charge in [-0.1, -0.05) is 47.7 Å². The van der Waals surface area contributed by atoms with Gasteiger partial charge in [-0.15, -0.1) is 5.10 Å². The van der Waals surface area contributed by atoms with Crippen LogP contribution >= 0.6 is 0 Å². The second-order valence-electron chi connectivity index (χ2n) is 13.2. The molecule has 4 N–H and O–H groups in total. The number of likely N-dealkylation sites (N-methyl/N-ethyl adjacent to an activating group) is 1. The maximum Gasteiger partial charge on any atom is 0.328 e. The van der Waals surface area contributed by atoms with Crippen LogP contribution in [0.15, 0.2) is 60.8 Å². The van der Waals surface area contributed by atoms with Crippen LogP contribution in [0.1, 0.15) is 36.6 Å². The first kappa shape index (κ1) is 35.9. The fourth-order valence-electron chi connectivity index (χ4n) is 6.63. The standard InChI is InChI=1S/C36H46N8O7/c1-22(37-2)32(45)38-28-20-25-21-43(42-41-25)16-17-50-26-13-11-24(12-14-26)19-29(36(48)49-3)39-33(46)27(18-23-8-5-4-6-9-23)40-34-31(51-34)30-10-7-15-44(30)35(28)47/h4-6,8-9,11-14,21-22,27-31,34,37,40H,7,10,15-20H2,1-3H3,(H,38,45)(H,39,46). The van der Waals surface area contributed by atoms with E-state index in [1.807, 2.05) is 42.5 Å². The van der Waals surface area contributed by atoms with Crippen LogP contribution in [-0.2, 0) is 54.5 Å². The second kappa shape index (κ2) is 16.4. The Bertz CT molecular complexity index is 1670. The first-order valence-electron chi connectivity index (χ1n) is 17.4. The average Bonchev–Trinajstić information content (AvgIpc) is 3.48. The number of fused-ring (bicyclic) bond motifs is 11. The number of carbonyl (C=O) groups is 4. The lowest BCUT2D eigenvalue weighted by atomic mass is 10.0. The van der Waals surface area contributed by atoms with Crippen LogP contribution < -0.4 is 26.0 Å². The Morgan fingerprint density at radius 2 is 1.86 bits per heavy atom. The molecule has 15 heteroatoms. The van der Waals surface area contributed by atoms with Gasteiger partial charge in [0, 0.05) is 25.6 Å². The van der Waals surface area contributed by atoms with Crippen molar-refractivity contribution in [1.29, 1.82) is 0 Å². The molecule has 4 aliphatic heterocycles. The van der Waals surface area contributed by atoms with Crippen LogP contribution in [0.5, 0.6) is 5.75 Å². The van der Waals surface area contributed by atoms with Gasteiger partial charge >= 0.3 is 5.97 Å². The van der Waals surface area contributed by atoms with E-state index in [1.54, 1.807) is 41.9 Å². The quantitative estimate of drug-likeness (QED) is 0.203. The summed E-state index contributed by atoms with van der Waals surface area (Å²) in [6.45, 7) is 2.93. The highest BCUT2D eigenvalue weighted by Gasteiger charge is 2.52. The monoisotopic (exact) mass is 702 g/mol. The van der Waals surface area contributed by atoms with E-state index in [1.165, 1.54) is 7.11 Å². The van der Waals surface area contributed by atoms with E-state index in [9.17, 15) is 19.2 Å². The molecule has 3 aromatic rings. The largest absolute Gasteiger partial charge is 0.492 e. The molecule has 2 aromatic carbocycles. The first-order chi connectivity index (χ1) is 24.7. The van der Waals surface area contributed by atoms with E-state index in [2.05, 4.69) is 31.6 Å². The summed E-state index contributed by atoms with van der Waals surface area (Å²) in [6, 6.07) is 13.5. The molecule has 3 amide bonds. The minimum absolute atomic E-state index is 0.153. The first-order valence-corrected chi connectivity index (χ1v) is 17.4. The zero-order chi connectivity index (χ0) is 35.9. The van der Waals surface area contributed by atoms with Gasteiger partial charge in [-0.05, 0) is 56.5 Å².